The molecule has 0 aromatic carbocycles. The van der Waals surface area contributed by atoms with E-state index >= 15 is 0 Å². The molecule has 0 aromatic rings. The van der Waals surface area contributed by atoms with Crippen LogP contribution < -0.4 is 5.32 Å². The summed E-state index contributed by atoms with van der Waals surface area (Å²) in [7, 11) is 1.73. The minimum Gasteiger partial charge on any atom is -0.383 e. The molecule has 1 aliphatic heterocycles. The molecule has 0 saturated carbocycles. The first-order valence-corrected chi connectivity index (χ1v) is 5.72. The molecule has 1 rings (SSSR count). The summed E-state index contributed by atoms with van der Waals surface area (Å²) in [5.41, 5.74) is -0.112. The Morgan fingerprint density at radius 2 is 2.00 bits per heavy atom. The van der Waals surface area contributed by atoms with Gasteiger partial charge in [0.1, 0.15) is 0 Å². The van der Waals surface area contributed by atoms with E-state index in [2.05, 4.69) is 39.9 Å². The number of ether oxygens (including phenoxy) is 2. The quantitative estimate of drug-likeness (QED) is 0.777. The fourth-order valence-electron chi connectivity index (χ4n) is 2.46. The van der Waals surface area contributed by atoms with Crippen LogP contribution in [0.4, 0.5) is 0 Å². The summed E-state index contributed by atoms with van der Waals surface area (Å²) < 4.78 is 11.2. The highest BCUT2D eigenvalue weighted by Gasteiger charge is 2.45. The molecular formula is C12H25NO2. The molecule has 3 heteroatoms. The third-order valence-electron chi connectivity index (χ3n) is 2.98. The van der Waals surface area contributed by atoms with Gasteiger partial charge in [0.25, 0.3) is 0 Å². The van der Waals surface area contributed by atoms with Crippen LogP contribution in [0.3, 0.4) is 0 Å². The summed E-state index contributed by atoms with van der Waals surface area (Å²) in [5, 5.41) is 3.58. The fraction of sp³-hybridized carbons (Fsp3) is 1.00. The zero-order valence-electron chi connectivity index (χ0n) is 10.9. The van der Waals surface area contributed by atoms with Crippen LogP contribution in [0.25, 0.3) is 0 Å². The van der Waals surface area contributed by atoms with E-state index in [0.29, 0.717) is 12.1 Å². The molecule has 0 aromatic heterocycles. The van der Waals surface area contributed by atoms with E-state index in [1.165, 1.54) is 0 Å². The van der Waals surface area contributed by atoms with Crippen molar-refractivity contribution in [2.45, 2.75) is 64.3 Å². The van der Waals surface area contributed by atoms with Gasteiger partial charge in [0, 0.05) is 19.2 Å². The molecule has 0 spiro atoms. The molecule has 0 aliphatic carbocycles. The van der Waals surface area contributed by atoms with E-state index in [0.717, 1.165) is 13.0 Å². The summed E-state index contributed by atoms with van der Waals surface area (Å²) >= 11 is 0. The van der Waals surface area contributed by atoms with Gasteiger partial charge in [0.05, 0.1) is 17.8 Å². The van der Waals surface area contributed by atoms with Crippen LogP contribution in [0.1, 0.15) is 41.0 Å². The Morgan fingerprint density at radius 3 is 2.40 bits per heavy atom. The molecule has 1 heterocycles. The average Bonchev–Trinajstić information content (AvgIpc) is 2.19. The van der Waals surface area contributed by atoms with E-state index in [4.69, 9.17) is 9.47 Å². The van der Waals surface area contributed by atoms with Crippen molar-refractivity contribution in [3.63, 3.8) is 0 Å². The van der Waals surface area contributed by atoms with E-state index in [-0.39, 0.29) is 11.2 Å². The first-order chi connectivity index (χ1) is 6.77. The lowest BCUT2D eigenvalue weighted by Gasteiger charge is -2.29. The standard InChI is InChI=1S/C12H25NO2/c1-9(8-14-6)13-10-7-11(2,3)15-12(10,4)5/h9-10,13H,7-8H2,1-6H3/t9-,10+/m0/s1. The van der Waals surface area contributed by atoms with Crippen molar-refractivity contribution < 1.29 is 9.47 Å². The highest BCUT2D eigenvalue weighted by atomic mass is 16.5. The highest BCUT2D eigenvalue weighted by molar-refractivity contribution is 4.99. The first kappa shape index (κ1) is 12.9. The van der Waals surface area contributed by atoms with Crippen molar-refractivity contribution in [2.75, 3.05) is 13.7 Å². The summed E-state index contributed by atoms with van der Waals surface area (Å²) in [4.78, 5) is 0. The molecule has 0 unspecified atom stereocenters. The maximum absolute atomic E-state index is 6.02. The summed E-state index contributed by atoms with van der Waals surface area (Å²) in [6.45, 7) is 11.5. The van der Waals surface area contributed by atoms with Gasteiger partial charge in [0.15, 0.2) is 0 Å². The molecule has 90 valence electrons. The molecule has 0 amide bonds. The zero-order chi connectivity index (χ0) is 11.7. The predicted octanol–water partition coefficient (Wildman–Crippen LogP) is 1.96. The molecule has 0 bridgehead atoms. The van der Waals surface area contributed by atoms with Gasteiger partial charge < -0.3 is 14.8 Å². The third-order valence-corrected chi connectivity index (χ3v) is 2.98. The predicted molar refractivity (Wildman–Crippen MR) is 62.1 cm³/mol. The van der Waals surface area contributed by atoms with Crippen LogP contribution >= 0.6 is 0 Å². The van der Waals surface area contributed by atoms with Gasteiger partial charge in [-0.1, -0.05) is 0 Å². The Balaban J connectivity index is 2.55. The lowest BCUT2D eigenvalue weighted by atomic mass is 9.94. The van der Waals surface area contributed by atoms with Crippen molar-refractivity contribution in [3.05, 3.63) is 0 Å². The van der Waals surface area contributed by atoms with Gasteiger partial charge >= 0.3 is 0 Å². The Morgan fingerprint density at radius 1 is 1.40 bits per heavy atom. The van der Waals surface area contributed by atoms with Gasteiger partial charge in [-0.05, 0) is 41.0 Å². The number of hydrogen-bond donors (Lipinski definition) is 1. The normalized spacial score (nSPS) is 30.4. The van der Waals surface area contributed by atoms with Gasteiger partial charge in [-0.15, -0.1) is 0 Å². The average molecular weight is 215 g/mol. The van der Waals surface area contributed by atoms with E-state index in [1.54, 1.807) is 7.11 Å². The Labute approximate surface area is 93.5 Å². The van der Waals surface area contributed by atoms with Gasteiger partial charge in [-0.25, -0.2) is 0 Å². The maximum atomic E-state index is 6.02. The Bertz CT molecular complexity index is 214. The SMILES string of the molecule is COC[C@H](C)N[C@@H]1CC(C)(C)OC1(C)C. The number of nitrogens with one attached hydrogen (secondary N) is 1. The molecular weight excluding hydrogens is 190 g/mol. The van der Waals surface area contributed by atoms with Crippen LogP contribution in [0.2, 0.25) is 0 Å². The van der Waals surface area contributed by atoms with Gasteiger partial charge in [0.2, 0.25) is 0 Å². The van der Waals surface area contributed by atoms with Crippen molar-refractivity contribution in [2.24, 2.45) is 0 Å². The summed E-state index contributed by atoms with van der Waals surface area (Å²) in [6.07, 6.45) is 1.05. The molecule has 1 aliphatic rings. The van der Waals surface area contributed by atoms with Crippen molar-refractivity contribution >= 4 is 0 Å². The molecule has 2 atom stereocenters. The molecule has 1 fully saturated rings. The minimum atomic E-state index is -0.0918. The van der Waals surface area contributed by atoms with Gasteiger partial charge in [-0.2, -0.15) is 0 Å². The molecule has 0 radical (unpaired) electrons. The minimum absolute atomic E-state index is 0.0199. The molecule has 1 N–H and O–H groups in total. The fourth-order valence-corrected chi connectivity index (χ4v) is 2.46. The molecule has 15 heavy (non-hydrogen) atoms. The van der Waals surface area contributed by atoms with Crippen molar-refractivity contribution in [1.82, 2.24) is 5.32 Å². The molecule has 1 saturated heterocycles. The number of rotatable bonds is 4. The molecule has 3 nitrogen and oxygen atoms in total. The number of methoxy groups -OCH3 is 1. The highest BCUT2D eigenvalue weighted by Crippen LogP contribution is 2.37. The lowest BCUT2D eigenvalue weighted by molar-refractivity contribution is -0.0707. The third kappa shape index (κ3) is 3.44. The maximum Gasteiger partial charge on any atom is 0.0787 e. The van der Waals surface area contributed by atoms with E-state index < -0.39 is 0 Å². The van der Waals surface area contributed by atoms with E-state index in [9.17, 15) is 0 Å². The van der Waals surface area contributed by atoms with Crippen molar-refractivity contribution in [3.8, 4) is 0 Å². The van der Waals surface area contributed by atoms with Crippen LogP contribution in [-0.4, -0.2) is 37.0 Å². The second-order valence-corrected chi connectivity index (χ2v) is 5.74. The van der Waals surface area contributed by atoms with Gasteiger partial charge in [-0.3, -0.25) is 0 Å². The second kappa shape index (κ2) is 4.40. The lowest BCUT2D eigenvalue weighted by Crippen LogP contribution is -2.48. The zero-order valence-corrected chi connectivity index (χ0v) is 10.9. The van der Waals surface area contributed by atoms with Crippen molar-refractivity contribution in [1.29, 1.82) is 0 Å². The first-order valence-electron chi connectivity index (χ1n) is 5.72. The second-order valence-electron chi connectivity index (χ2n) is 5.74. The van der Waals surface area contributed by atoms with Crippen LogP contribution in [0.5, 0.6) is 0 Å². The number of hydrogen-bond acceptors (Lipinski definition) is 3. The van der Waals surface area contributed by atoms with Crippen LogP contribution in [0, 0.1) is 0 Å². The van der Waals surface area contributed by atoms with E-state index in [1.807, 2.05) is 0 Å². The summed E-state index contributed by atoms with van der Waals surface area (Å²) in [6, 6.07) is 0.773. The topological polar surface area (TPSA) is 30.5 Å². The largest absolute Gasteiger partial charge is 0.383 e. The Hall–Kier alpha value is -0.120. The van der Waals surface area contributed by atoms with Crippen LogP contribution in [-0.2, 0) is 9.47 Å². The summed E-state index contributed by atoms with van der Waals surface area (Å²) in [5.74, 6) is 0. The Kier molecular flexibility index (Phi) is 3.80. The monoisotopic (exact) mass is 215 g/mol. The van der Waals surface area contributed by atoms with Crippen LogP contribution in [0.15, 0.2) is 0 Å². The smallest absolute Gasteiger partial charge is 0.0787 e.